The molecule has 0 atom stereocenters. The smallest absolute Gasteiger partial charge is 0.234 e. The quantitative estimate of drug-likeness (QED) is 0.218. The molecule has 1 fully saturated rings. The van der Waals surface area contributed by atoms with E-state index in [1.807, 2.05) is 59.2 Å². The van der Waals surface area contributed by atoms with Crippen LogP contribution >= 0.6 is 11.6 Å². The van der Waals surface area contributed by atoms with Gasteiger partial charge in [0, 0.05) is 54.3 Å². The van der Waals surface area contributed by atoms with Crippen molar-refractivity contribution in [2.45, 2.75) is 25.4 Å². The summed E-state index contributed by atoms with van der Waals surface area (Å²) in [4.78, 5) is 25.0. The Labute approximate surface area is 265 Å². The molecule has 5 heterocycles. The van der Waals surface area contributed by atoms with Gasteiger partial charge >= 0.3 is 0 Å². The first-order valence-electron chi connectivity index (χ1n) is 14.7. The van der Waals surface area contributed by atoms with Crippen LogP contribution in [0.3, 0.4) is 0 Å². The summed E-state index contributed by atoms with van der Waals surface area (Å²) in [5.41, 5.74) is 12.3. The van der Waals surface area contributed by atoms with Crippen molar-refractivity contribution in [2.24, 2.45) is 0 Å². The maximum absolute atomic E-state index is 9.07. The molecule has 10 nitrogen and oxygen atoms in total. The Morgan fingerprint density at radius 2 is 1.67 bits per heavy atom. The van der Waals surface area contributed by atoms with E-state index in [2.05, 4.69) is 49.4 Å². The van der Waals surface area contributed by atoms with Crippen molar-refractivity contribution < 1.29 is 0 Å². The summed E-state index contributed by atoms with van der Waals surface area (Å²) >= 11 is 6.53. The van der Waals surface area contributed by atoms with E-state index in [0.717, 1.165) is 60.5 Å². The highest BCUT2D eigenvalue weighted by Crippen LogP contribution is 2.33. The molecule has 1 aliphatic rings. The number of nitrogens with zero attached hydrogens (tertiary/aromatic N) is 8. The first kappa shape index (κ1) is 28.4. The lowest BCUT2D eigenvalue weighted by Gasteiger charge is -2.32. The maximum atomic E-state index is 9.07. The summed E-state index contributed by atoms with van der Waals surface area (Å²) in [6.45, 7) is 2.77. The van der Waals surface area contributed by atoms with E-state index < -0.39 is 0 Å². The van der Waals surface area contributed by atoms with Gasteiger partial charge in [-0.3, -0.25) is 9.47 Å². The average molecular weight is 613 g/mol. The summed E-state index contributed by atoms with van der Waals surface area (Å²) in [5, 5.41) is 13.2. The third kappa shape index (κ3) is 5.91. The molecule has 0 bridgehead atoms. The third-order valence-corrected chi connectivity index (χ3v) is 8.36. The van der Waals surface area contributed by atoms with Gasteiger partial charge in [0.2, 0.25) is 5.82 Å². The normalized spacial score (nSPS) is 14.0. The zero-order valence-corrected chi connectivity index (χ0v) is 25.1. The number of anilines is 2. The van der Waals surface area contributed by atoms with Crippen LogP contribution in [-0.4, -0.2) is 53.5 Å². The highest BCUT2D eigenvalue weighted by atomic mass is 35.5. The average Bonchev–Trinajstić information content (AvgIpc) is 3.45. The summed E-state index contributed by atoms with van der Waals surface area (Å²) < 4.78 is 2.04. The number of piperidine rings is 1. The fraction of sp³-hybridized carbons (Fsp3) is 0.176. The number of likely N-dealkylation sites (tertiary alicyclic amines) is 1. The van der Waals surface area contributed by atoms with Crippen LogP contribution in [0.2, 0.25) is 5.02 Å². The highest BCUT2D eigenvalue weighted by Gasteiger charge is 2.21. The number of hydrogen-bond acceptors (Lipinski definition) is 9. The molecule has 0 aliphatic carbocycles. The van der Waals surface area contributed by atoms with Crippen LogP contribution in [-0.2, 0) is 6.54 Å². The summed E-state index contributed by atoms with van der Waals surface area (Å²) in [7, 11) is 0. The highest BCUT2D eigenvalue weighted by molar-refractivity contribution is 6.33. The van der Waals surface area contributed by atoms with Crippen LogP contribution in [0.1, 0.15) is 24.2 Å². The Balaban J connectivity index is 1.14. The largest absolute Gasteiger partial charge is 0.383 e. The van der Waals surface area contributed by atoms with E-state index in [1.165, 1.54) is 5.56 Å². The number of rotatable bonds is 7. The molecule has 222 valence electrons. The van der Waals surface area contributed by atoms with E-state index in [1.54, 1.807) is 18.5 Å². The predicted molar refractivity (Wildman–Crippen MR) is 176 cm³/mol. The van der Waals surface area contributed by atoms with E-state index >= 15 is 0 Å². The second-order valence-electron chi connectivity index (χ2n) is 11.0. The second-order valence-corrected chi connectivity index (χ2v) is 11.4. The van der Waals surface area contributed by atoms with Crippen molar-refractivity contribution in [1.29, 1.82) is 5.26 Å². The Bertz CT molecular complexity index is 2020. The summed E-state index contributed by atoms with van der Waals surface area (Å²) in [6.07, 6.45) is 5.26. The fourth-order valence-electron chi connectivity index (χ4n) is 5.75. The van der Waals surface area contributed by atoms with Gasteiger partial charge in [0.15, 0.2) is 11.5 Å². The maximum Gasteiger partial charge on any atom is 0.234 e. The van der Waals surface area contributed by atoms with Crippen LogP contribution in [0, 0.1) is 11.3 Å². The van der Waals surface area contributed by atoms with Crippen molar-refractivity contribution >= 4 is 34.4 Å². The van der Waals surface area contributed by atoms with Crippen molar-refractivity contribution in [1.82, 2.24) is 34.4 Å². The van der Waals surface area contributed by atoms with Gasteiger partial charge in [0.25, 0.3) is 0 Å². The van der Waals surface area contributed by atoms with Crippen LogP contribution in [0.15, 0.2) is 91.3 Å². The number of imidazole rings is 1. The van der Waals surface area contributed by atoms with Crippen LogP contribution in [0.25, 0.3) is 39.5 Å². The second kappa shape index (κ2) is 12.3. The fourth-order valence-corrected chi connectivity index (χ4v) is 5.99. The molecule has 0 saturated carbocycles. The number of hydrogen-bond donors (Lipinski definition) is 2. The Hall–Kier alpha value is -5.37. The molecular weight excluding hydrogens is 584 g/mol. The summed E-state index contributed by atoms with van der Waals surface area (Å²) in [6, 6.07) is 28.0. The SMILES string of the molecule is N#Cc1nccc(NC2CCN(Cc3ccc(-n4c(-c5cccnc5N)nc5ccc(-c6ccccc6Cl)nc54)cc3)CC2)n1. The van der Waals surface area contributed by atoms with Gasteiger partial charge in [-0.1, -0.05) is 41.9 Å². The molecule has 1 saturated heterocycles. The number of aromatic nitrogens is 6. The van der Waals surface area contributed by atoms with Crippen molar-refractivity contribution in [3.8, 4) is 34.4 Å². The molecule has 2 aromatic carbocycles. The lowest BCUT2D eigenvalue weighted by Crippen LogP contribution is -2.38. The first-order chi connectivity index (χ1) is 22.1. The minimum Gasteiger partial charge on any atom is -0.383 e. The number of benzene rings is 2. The lowest BCUT2D eigenvalue weighted by molar-refractivity contribution is 0.211. The van der Waals surface area contributed by atoms with Crippen molar-refractivity contribution in [3.63, 3.8) is 0 Å². The number of halogens is 1. The zero-order valence-electron chi connectivity index (χ0n) is 24.3. The number of fused-ring (bicyclic) bond motifs is 1. The number of nitrogens with two attached hydrogens (primary N) is 1. The van der Waals surface area contributed by atoms with Gasteiger partial charge in [-0.2, -0.15) is 5.26 Å². The summed E-state index contributed by atoms with van der Waals surface area (Å²) in [5.74, 6) is 1.95. The Morgan fingerprint density at radius 3 is 2.44 bits per heavy atom. The van der Waals surface area contributed by atoms with Crippen LogP contribution in [0.4, 0.5) is 11.6 Å². The number of nitrogen functional groups attached to an aromatic ring is 1. The Kier molecular flexibility index (Phi) is 7.78. The Morgan fingerprint density at radius 1 is 0.867 bits per heavy atom. The van der Waals surface area contributed by atoms with Crippen LogP contribution in [0.5, 0.6) is 0 Å². The lowest BCUT2D eigenvalue weighted by atomic mass is 10.0. The first-order valence-corrected chi connectivity index (χ1v) is 15.1. The molecule has 7 rings (SSSR count). The molecule has 4 aromatic heterocycles. The third-order valence-electron chi connectivity index (χ3n) is 8.03. The minimum atomic E-state index is 0.178. The molecule has 1 aliphatic heterocycles. The molecule has 11 heteroatoms. The van der Waals surface area contributed by atoms with Gasteiger partial charge < -0.3 is 11.1 Å². The van der Waals surface area contributed by atoms with Gasteiger partial charge in [-0.05, 0) is 66.9 Å². The van der Waals surface area contributed by atoms with Crippen LogP contribution < -0.4 is 11.1 Å². The minimum absolute atomic E-state index is 0.178. The van der Waals surface area contributed by atoms with E-state index in [4.69, 9.17) is 32.6 Å². The molecule has 6 aromatic rings. The van der Waals surface area contributed by atoms with E-state index in [0.29, 0.717) is 34.2 Å². The number of pyridine rings is 2. The monoisotopic (exact) mass is 612 g/mol. The van der Waals surface area contributed by atoms with Gasteiger partial charge in [-0.25, -0.2) is 24.9 Å². The molecule has 0 unspecified atom stereocenters. The molecule has 0 spiro atoms. The number of nitriles is 1. The van der Waals surface area contributed by atoms with Crippen molar-refractivity contribution in [3.05, 3.63) is 108 Å². The van der Waals surface area contributed by atoms with Gasteiger partial charge in [0.1, 0.15) is 23.2 Å². The molecule has 3 N–H and O–H groups in total. The molecular formula is C34H29ClN10. The molecule has 0 radical (unpaired) electrons. The van der Waals surface area contributed by atoms with Gasteiger partial charge in [-0.15, -0.1) is 0 Å². The van der Waals surface area contributed by atoms with Crippen molar-refractivity contribution in [2.75, 3.05) is 24.1 Å². The molecule has 45 heavy (non-hydrogen) atoms. The van der Waals surface area contributed by atoms with Gasteiger partial charge in [0.05, 0.1) is 11.3 Å². The van der Waals surface area contributed by atoms with E-state index in [-0.39, 0.29) is 5.82 Å². The topological polar surface area (TPSA) is 134 Å². The predicted octanol–water partition coefficient (Wildman–Crippen LogP) is 6.12. The number of nitrogens with one attached hydrogen (secondary N) is 1. The zero-order chi connectivity index (χ0) is 30.8. The van der Waals surface area contributed by atoms with E-state index in [9.17, 15) is 0 Å². The molecule has 0 amide bonds. The standard InChI is InChI=1S/C34H29ClN10/c35-27-6-2-1-4-25(27)28-11-12-29-34(41-28)45(33(42-29)26-5-3-16-39-32(26)37)24-9-7-22(8-10-24)21-44-18-14-23(15-19-44)40-30-13-17-38-31(20-36)43-30/h1-13,16-17,23H,14-15,18-19,21H2,(H2,37,39)(H,38,40,43).